The molecule has 0 aromatic carbocycles. The van der Waals surface area contributed by atoms with Crippen LogP contribution in [0.1, 0.15) is 142 Å². The van der Waals surface area contributed by atoms with Crippen LogP contribution >= 0.6 is 0 Å². The average molecular weight is 891 g/mol. The lowest BCUT2D eigenvalue weighted by molar-refractivity contribution is -0.297. The molecular formula is C49H78O12S. The van der Waals surface area contributed by atoms with Crippen LogP contribution in [0.3, 0.4) is 0 Å². The van der Waals surface area contributed by atoms with Gasteiger partial charge >= 0.3 is 11.9 Å². The smallest absolute Gasteiger partial charge is 0.306 e. The zero-order chi connectivity index (χ0) is 45.5. The van der Waals surface area contributed by atoms with Gasteiger partial charge in [0.15, 0.2) is 12.4 Å². The highest BCUT2D eigenvalue weighted by molar-refractivity contribution is 7.85. The van der Waals surface area contributed by atoms with Crippen molar-refractivity contribution in [3.8, 4) is 0 Å². The molecule has 0 bridgehead atoms. The van der Waals surface area contributed by atoms with E-state index >= 15 is 0 Å². The fourth-order valence-corrected chi connectivity index (χ4v) is 6.81. The first kappa shape index (κ1) is 56.6. The van der Waals surface area contributed by atoms with Crippen molar-refractivity contribution in [1.82, 2.24) is 0 Å². The van der Waals surface area contributed by atoms with Crippen LogP contribution in [0, 0.1) is 0 Å². The maximum atomic E-state index is 12.8. The van der Waals surface area contributed by atoms with Crippen LogP contribution in [0.25, 0.3) is 0 Å². The van der Waals surface area contributed by atoms with Crippen LogP contribution in [-0.4, -0.2) is 96.0 Å². The molecule has 1 aliphatic heterocycles. The summed E-state index contributed by atoms with van der Waals surface area (Å²) >= 11 is 0. The summed E-state index contributed by atoms with van der Waals surface area (Å²) in [5.41, 5.74) is 0. The molecule has 0 saturated carbocycles. The molecular weight excluding hydrogens is 813 g/mol. The second-order valence-electron chi connectivity index (χ2n) is 15.3. The van der Waals surface area contributed by atoms with Crippen LogP contribution in [-0.2, 0) is 38.7 Å². The van der Waals surface area contributed by atoms with E-state index in [0.29, 0.717) is 12.8 Å². The molecule has 0 aromatic heterocycles. The number of rotatable bonds is 36. The van der Waals surface area contributed by atoms with E-state index in [1.165, 1.54) is 19.3 Å². The number of hydrogen-bond donors (Lipinski definition) is 4. The van der Waals surface area contributed by atoms with Crippen LogP contribution in [0.15, 0.2) is 97.2 Å². The van der Waals surface area contributed by atoms with Gasteiger partial charge in [-0.15, -0.1) is 0 Å². The van der Waals surface area contributed by atoms with Gasteiger partial charge in [0, 0.05) is 12.8 Å². The lowest BCUT2D eigenvalue weighted by atomic mass is 10.00. The van der Waals surface area contributed by atoms with E-state index in [2.05, 4.69) is 111 Å². The monoisotopic (exact) mass is 891 g/mol. The van der Waals surface area contributed by atoms with E-state index in [0.717, 1.165) is 83.5 Å². The summed E-state index contributed by atoms with van der Waals surface area (Å²) in [7, 11) is -4.62. The molecule has 0 aliphatic carbocycles. The summed E-state index contributed by atoms with van der Waals surface area (Å²) in [6.07, 6.45) is 41.6. The molecule has 1 heterocycles. The van der Waals surface area contributed by atoms with Crippen molar-refractivity contribution in [3.63, 3.8) is 0 Å². The van der Waals surface area contributed by atoms with Gasteiger partial charge in [-0.1, -0.05) is 130 Å². The van der Waals surface area contributed by atoms with Gasteiger partial charge in [-0.2, -0.15) is 8.42 Å². The van der Waals surface area contributed by atoms with Crippen molar-refractivity contribution in [3.05, 3.63) is 97.2 Å². The summed E-state index contributed by atoms with van der Waals surface area (Å²) in [4.78, 5) is 25.4. The Labute approximate surface area is 373 Å². The molecule has 0 spiro atoms. The van der Waals surface area contributed by atoms with E-state index < -0.39 is 71.2 Å². The molecule has 1 saturated heterocycles. The van der Waals surface area contributed by atoms with E-state index in [4.69, 9.17) is 18.9 Å². The normalized spacial score (nSPS) is 20.8. The maximum absolute atomic E-state index is 12.8. The highest BCUT2D eigenvalue weighted by atomic mass is 32.2. The van der Waals surface area contributed by atoms with Crippen molar-refractivity contribution in [1.29, 1.82) is 0 Å². The van der Waals surface area contributed by atoms with E-state index in [1.807, 2.05) is 0 Å². The molecule has 62 heavy (non-hydrogen) atoms. The van der Waals surface area contributed by atoms with Crippen molar-refractivity contribution >= 4 is 22.1 Å². The number of carbonyl (C=O) groups is 2. The molecule has 6 atom stereocenters. The van der Waals surface area contributed by atoms with Gasteiger partial charge in [0.2, 0.25) is 0 Å². The van der Waals surface area contributed by atoms with Gasteiger partial charge in [-0.05, 0) is 96.3 Å². The quantitative estimate of drug-likeness (QED) is 0.0202. The maximum Gasteiger partial charge on any atom is 0.306 e. The molecule has 1 rings (SSSR count). The minimum absolute atomic E-state index is 0.102. The van der Waals surface area contributed by atoms with E-state index in [-0.39, 0.29) is 19.4 Å². The minimum Gasteiger partial charge on any atom is -0.462 e. The van der Waals surface area contributed by atoms with Crippen LogP contribution in [0.2, 0.25) is 0 Å². The van der Waals surface area contributed by atoms with Crippen molar-refractivity contribution in [2.45, 2.75) is 179 Å². The minimum atomic E-state index is -4.62. The first-order valence-electron chi connectivity index (χ1n) is 22.8. The summed E-state index contributed by atoms with van der Waals surface area (Å²) in [5, 5.41) is 30.9. The fraction of sp³-hybridized carbons (Fsp3) is 0.633. The fourth-order valence-electron chi connectivity index (χ4n) is 6.12. The topological polar surface area (TPSA) is 186 Å². The standard InChI is InChI=1S/C49H78O12S/c1-3-5-7-9-11-13-15-17-19-20-21-22-24-25-27-29-31-33-35-37-44(50)58-39-42(40-59-49-48(54)47(53)46(52)43(61-49)41-62(55,56)57)60-45(51)38-36-34-32-30-28-26-23-18-16-14-12-10-8-6-4-2/h5,7,11-14,17-19,21-23,25,27-28,30,42-43,46-49,52-54H,3-4,6,8-10,15-16,20,24,26,29,31-41H2,1-2H3,(H,55,56,57)/b7-5+,13-11+,14-12+,19-17+,22-21+,23-18+,27-25+,30-28+/t42-,43-,46-,47?,48?,49+/m1/s1. The molecule has 2 unspecified atom stereocenters. The third-order valence-corrected chi connectivity index (χ3v) is 10.4. The molecule has 0 amide bonds. The number of aliphatic hydroxyl groups is 3. The number of hydrogen-bond acceptors (Lipinski definition) is 11. The third-order valence-electron chi connectivity index (χ3n) is 9.65. The van der Waals surface area contributed by atoms with Gasteiger partial charge in [0.05, 0.1) is 6.61 Å². The lowest BCUT2D eigenvalue weighted by Gasteiger charge is -2.40. The van der Waals surface area contributed by atoms with Gasteiger partial charge in [-0.3, -0.25) is 14.1 Å². The number of unbranched alkanes of at least 4 members (excludes halogenated alkanes) is 8. The third kappa shape index (κ3) is 32.3. The Morgan fingerprint density at radius 3 is 1.52 bits per heavy atom. The number of carbonyl (C=O) groups excluding carboxylic acids is 2. The van der Waals surface area contributed by atoms with Gasteiger partial charge in [-0.25, -0.2) is 0 Å². The molecule has 1 aliphatic rings. The first-order chi connectivity index (χ1) is 30.0. The average Bonchev–Trinajstić information content (AvgIpc) is 3.24. The summed E-state index contributed by atoms with van der Waals surface area (Å²) in [6.45, 7) is 3.54. The predicted octanol–water partition coefficient (Wildman–Crippen LogP) is 9.44. The highest BCUT2D eigenvalue weighted by Gasteiger charge is 2.46. The second-order valence-corrected chi connectivity index (χ2v) is 16.8. The van der Waals surface area contributed by atoms with E-state index in [1.54, 1.807) is 0 Å². The Bertz CT molecular complexity index is 1510. The Morgan fingerprint density at radius 2 is 1.02 bits per heavy atom. The number of aliphatic hydroxyl groups excluding tert-OH is 3. The molecule has 4 N–H and O–H groups in total. The predicted molar refractivity (Wildman–Crippen MR) is 247 cm³/mol. The van der Waals surface area contributed by atoms with Crippen LogP contribution in [0.5, 0.6) is 0 Å². The summed E-state index contributed by atoms with van der Waals surface area (Å²) in [6, 6.07) is 0. The van der Waals surface area contributed by atoms with Crippen LogP contribution < -0.4 is 0 Å². The van der Waals surface area contributed by atoms with Crippen molar-refractivity contribution in [2.24, 2.45) is 0 Å². The zero-order valence-electron chi connectivity index (χ0n) is 37.4. The Hall–Kier alpha value is -3.43. The highest BCUT2D eigenvalue weighted by Crippen LogP contribution is 2.24. The summed E-state index contributed by atoms with van der Waals surface area (Å²) in [5.74, 6) is -2.09. The molecule has 0 aromatic rings. The Morgan fingerprint density at radius 1 is 0.565 bits per heavy atom. The van der Waals surface area contributed by atoms with Gasteiger partial charge in [0.1, 0.15) is 36.8 Å². The number of esters is 2. The number of allylic oxidation sites excluding steroid dienone is 16. The van der Waals surface area contributed by atoms with Crippen molar-refractivity contribution < 1.29 is 56.8 Å². The first-order valence-corrected chi connectivity index (χ1v) is 24.4. The molecule has 352 valence electrons. The SMILES string of the molecule is CC/C=C/C/C=C/C/C=C/C/C=C/C/C=C/CCCCCC(=O)OC[C@H](CO[C@H]1O[C@H](CS(=O)(=O)O)[C@@H](O)C(O)C1O)OC(=O)CCCC/C=C/C/C=C/C/C=C/CCCCC. The van der Waals surface area contributed by atoms with Crippen molar-refractivity contribution in [2.75, 3.05) is 19.0 Å². The summed E-state index contributed by atoms with van der Waals surface area (Å²) < 4.78 is 54.0. The molecule has 1 fully saturated rings. The lowest BCUT2D eigenvalue weighted by Crippen LogP contribution is -2.60. The number of ether oxygens (including phenoxy) is 4. The Balaban J connectivity index is 2.50. The molecule has 12 nitrogen and oxygen atoms in total. The van der Waals surface area contributed by atoms with Crippen LogP contribution in [0.4, 0.5) is 0 Å². The van der Waals surface area contributed by atoms with E-state index in [9.17, 15) is 37.9 Å². The molecule has 0 radical (unpaired) electrons. The Kier molecular flexibility index (Phi) is 34.7. The second kappa shape index (κ2) is 38.1. The van der Waals surface area contributed by atoms with Gasteiger partial charge in [0.25, 0.3) is 10.1 Å². The molecule has 13 heteroatoms. The largest absolute Gasteiger partial charge is 0.462 e. The zero-order valence-corrected chi connectivity index (χ0v) is 38.2. The van der Waals surface area contributed by atoms with Gasteiger partial charge < -0.3 is 34.3 Å².